The van der Waals surface area contributed by atoms with E-state index in [-0.39, 0.29) is 12.0 Å². The Balaban J connectivity index is 2.30. The van der Waals surface area contributed by atoms with Crippen LogP contribution in [-0.2, 0) is 0 Å². The van der Waals surface area contributed by atoms with E-state index in [1.54, 1.807) is 19.1 Å². The number of hydrogen-bond acceptors (Lipinski definition) is 1. The van der Waals surface area contributed by atoms with E-state index in [0.29, 0.717) is 11.1 Å². The van der Waals surface area contributed by atoms with Crippen LogP contribution >= 0.6 is 0 Å². The molecule has 1 saturated carbocycles. The van der Waals surface area contributed by atoms with Crippen molar-refractivity contribution in [2.45, 2.75) is 45.1 Å². The van der Waals surface area contributed by atoms with Gasteiger partial charge in [-0.3, -0.25) is 0 Å². The molecule has 94 valence electrons. The third kappa shape index (κ3) is 2.34. The maximum absolute atomic E-state index is 13.9. The Bertz CT molecular complexity index is 403. The molecule has 0 aromatic heterocycles. The Labute approximate surface area is 101 Å². The first kappa shape index (κ1) is 12.5. The maximum Gasteiger partial charge on any atom is 0.162 e. The smallest absolute Gasteiger partial charge is 0.162 e. The predicted molar refractivity (Wildman–Crippen MR) is 65.2 cm³/mol. The molecule has 1 aliphatic carbocycles. The third-order valence-corrected chi connectivity index (χ3v) is 3.69. The van der Waals surface area contributed by atoms with Crippen molar-refractivity contribution in [1.29, 1.82) is 0 Å². The third-order valence-electron chi connectivity index (χ3n) is 3.69. The molecule has 3 heteroatoms. The lowest BCUT2D eigenvalue weighted by Crippen LogP contribution is -2.31. The molecule has 1 aliphatic rings. The summed E-state index contributed by atoms with van der Waals surface area (Å²) in [6.07, 6.45) is 3.07. The summed E-state index contributed by atoms with van der Waals surface area (Å²) in [5, 5.41) is 3.37. The van der Waals surface area contributed by atoms with Gasteiger partial charge in [-0.2, -0.15) is 0 Å². The SMILES string of the molecule is CCNC1CCCC1c1ccc(C)c(F)c1F. The number of likely N-dealkylation sites (N-methyl/N-ethyl adjacent to an activating group) is 1. The Morgan fingerprint density at radius 2 is 2.00 bits per heavy atom. The first-order valence-electron chi connectivity index (χ1n) is 6.33. The van der Waals surface area contributed by atoms with Crippen molar-refractivity contribution < 1.29 is 8.78 Å². The van der Waals surface area contributed by atoms with Gasteiger partial charge in [0.25, 0.3) is 0 Å². The van der Waals surface area contributed by atoms with Crippen LogP contribution in [0.1, 0.15) is 43.2 Å². The standard InChI is InChI=1S/C14H19F2N/c1-3-17-12-6-4-5-10(12)11-8-7-9(2)13(15)14(11)16/h7-8,10,12,17H,3-6H2,1-2H3. The molecule has 2 atom stereocenters. The average molecular weight is 239 g/mol. The van der Waals surface area contributed by atoms with Gasteiger partial charge in [0.2, 0.25) is 0 Å². The minimum Gasteiger partial charge on any atom is -0.314 e. The van der Waals surface area contributed by atoms with Crippen molar-refractivity contribution in [3.63, 3.8) is 0 Å². The first-order chi connectivity index (χ1) is 8.15. The Morgan fingerprint density at radius 3 is 2.71 bits per heavy atom. The van der Waals surface area contributed by atoms with E-state index in [9.17, 15) is 8.78 Å². The summed E-state index contributed by atoms with van der Waals surface area (Å²) in [5.41, 5.74) is 0.917. The van der Waals surface area contributed by atoms with Crippen LogP contribution in [0.2, 0.25) is 0 Å². The minimum atomic E-state index is -0.690. The maximum atomic E-state index is 13.9. The lowest BCUT2D eigenvalue weighted by Gasteiger charge is -2.21. The zero-order chi connectivity index (χ0) is 12.4. The molecule has 0 radical (unpaired) electrons. The lowest BCUT2D eigenvalue weighted by molar-refractivity contribution is 0.449. The van der Waals surface area contributed by atoms with Crippen LogP contribution in [0.25, 0.3) is 0 Å². The number of benzene rings is 1. The zero-order valence-electron chi connectivity index (χ0n) is 10.4. The van der Waals surface area contributed by atoms with Gasteiger partial charge in [0.05, 0.1) is 0 Å². The fraction of sp³-hybridized carbons (Fsp3) is 0.571. The molecule has 2 rings (SSSR count). The van der Waals surface area contributed by atoms with Crippen LogP contribution in [0.3, 0.4) is 0 Å². The Hall–Kier alpha value is -0.960. The lowest BCUT2D eigenvalue weighted by atomic mass is 9.92. The molecule has 0 saturated heterocycles. The van der Waals surface area contributed by atoms with Gasteiger partial charge in [0.1, 0.15) is 0 Å². The van der Waals surface area contributed by atoms with Gasteiger partial charge >= 0.3 is 0 Å². The predicted octanol–water partition coefficient (Wildman–Crippen LogP) is 3.52. The van der Waals surface area contributed by atoms with Gasteiger partial charge in [-0.1, -0.05) is 25.5 Å². The van der Waals surface area contributed by atoms with E-state index in [1.807, 2.05) is 6.92 Å². The van der Waals surface area contributed by atoms with E-state index < -0.39 is 11.6 Å². The highest BCUT2D eigenvalue weighted by Crippen LogP contribution is 2.36. The molecule has 0 bridgehead atoms. The van der Waals surface area contributed by atoms with E-state index in [0.717, 1.165) is 25.8 Å². The van der Waals surface area contributed by atoms with Crippen molar-refractivity contribution >= 4 is 0 Å². The molecule has 0 spiro atoms. The van der Waals surface area contributed by atoms with Gasteiger partial charge in [-0.05, 0) is 37.4 Å². The fourth-order valence-electron chi connectivity index (χ4n) is 2.79. The molecule has 1 fully saturated rings. The van der Waals surface area contributed by atoms with Crippen LogP contribution in [0, 0.1) is 18.6 Å². The van der Waals surface area contributed by atoms with Crippen LogP contribution in [0.5, 0.6) is 0 Å². The van der Waals surface area contributed by atoms with E-state index >= 15 is 0 Å². The van der Waals surface area contributed by atoms with Crippen LogP contribution in [-0.4, -0.2) is 12.6 Å². The van der Waals surface area contributed by atoms with Crippen LogP contribution in [0.4, 0.5) is 8.78 Å². The zero-order valence-corrected chi connectivity index (χ0v) is 10.4. The second-order valence-corrected chi connectivity index (χ2v) is 4.80. The van der Waals surface area contributed by atoms with Gasteiger partial charge in [-0.15, -0.1) is 0 Å². The van der Waals surface area contributed by atoms with Gasteiger partial charge in [0.15, 0.2) is 11.6 Å². The molecule has 0 amide bonds. The minimum absolute atomic E-state index is 0.116. The second-order valence-electron chi connectivity index (χ2n) is 4.80. The summed E-state index contributed by atoms with van der Waals surface area (Å²) < 4.78 is 27.5. The van der Waals surface area contributed by atoms with Crippen molar-refractivity contribution in [1.82, 2.24) is 5.32 Å². The largest absolute Gasteiger partial charge is 0.314 e. The highest BCUT2D eigenvalue weighted by molar-refractivity contribution is 5.30. The Morgan fingerprint density at radius 1 is 1.24 bits per heavy atom. The topological polar surface area (TPSA) is 12.0 Å². The molecule has 0 aliphatic heterocycles. The molecular weight excluding hydrogens is 220 g/mol. The van der Waals surface area contributed by atoms with Crippen molar-refractivity contribution in [2.75, 3.05) is 6.54 Å². The number of hydrogen-bond donors (Lipinski definition) is 1. The molecule has 1 N–H and O–H groups in total. The van der Waals surface area contributed by atoms with Crippen LogP contribution in [0.15, 0.2) is 12.1 Å². The first-order valence-corrected chi connectivity index (χ1v) is 6.33. The average Bonchev–Trinajstić information content (AvgIpc) is 2.75. The summed E-state index contributed by atoms with van der Waals surface area (Å²) in [6.45, 7) is 4.51. The van der Waals surface area contributed by atoms with E-state index in [4.69, 9.17) is 0 Å². The normalized spacial score (nSPS) is 24.2. The van der Waals surface area contributed by atoms with Crippen LogP contribution < -0.4 is 5.32 Å². The summed E-state index contributed by atoms with van der Waals surface area (Å²) in [6, 6.07) is 3.71. The molecular formula is C14H19F2N. The van der Waals surface area contributed by atoms with Gasteiger partial charge < -0.3 is 5.32 Å². The van der Waals surface area contributed by atoms with Crippen molar-refractivity contribution in [2.24, 2.45) is 0 Å². The highest BCUT2D eigenvalue weighted by Gasteiger charge is 2.30. The molecule has 1 aromatic rings. The molecule has 17 heavy (non-hydrogen) atoms. The molecule has 1 nitrogen and oxygen atoms in total. The summed E-state index contributed by atoms with van der Waals surface area (Å²) in [4.78, 5) is 0. The monoisotopic (exact) mass is 239 g/mol. The second kappa shape index (κ2) is 5.13. The number of rotatable bonds is 3. The van der Waals surface area contributed by atoms with Gasteiger partial charge in [-0.25, -0.2) is 8.78 Å². The van der Waals surface area contributed by atoms with Gasteiger partial charge in [0, 0.05) is 12.0 Å². The van der Waals surface area contributed by atoms with E-state index in [1.165, 1.54) is 0 Å². The summed E-state index contributed by atoms with van der Waals surface area (Å²) in [7, 11) is 0. The number of aryl methyl sites for hydroxylation is 1. The highest BCUT2D eigenvalue weighted by atomic mass is 19.2. The number of halogens is 2. The molecule has 0 heterocycles. The summed E-state index contributed by atoms with van der Waals surface area (Å²) >= 11 is 0. The number of nitrogens with one attached hydrogen (secondary N) is 1. The van der Waals surface area contributed by atoms with E-state index in [2.05, 4.69) is 5.32 Å². The quantitative estimate of drug-likeness (QED) is 0.851. The fourth-order valence-corrected chi connectivity index (χ4v) is 2.79. The summed E-state index contributed by atoms with van der Waals surface area (Å²) in [5.74, 6) is -1.23. The molecule has 1 aromatic carbocycles. The molecule has 2 unspecified atom stereocenters. The van der Waals surface area contributed by atoms with Crippen molar-refractivity contribution in [3.05, 3.63) is 34.9 Å². The van der Waals surface area contributed by atoms with Crippen molar-refractivity contribution in [3.8, 4) is 0 Å². The Kier molecular flexibility index (Phi) is 3.77.